The highest BCUT2D eigenvalue weighted by molar-refractivity contribution is 5.82. The number of carbonyl (C=O) groups excluding carboxylic acids is 2. The molecule has 0 aliphatic heterocycles. The van der Waals surface area contributed by atoms with Crippen molar-refractivity contribution in [1.29, 1.82) is 0 Å². The Morgan fingerprint density at radius 3 is 1.55 bits per heavy atom. The van der Waals surface area contributed by atoms with Crippen LogP contribution in [-0.2, 0) is 19.1 Å². The van der Waals surface area contributed by atoms with Gasteiger partial charge in [0.15, 0.2) is 10.8 Å². The quantitative estimate of drug-likeness (QED) is 0.229. The SMILES string of the molecule is CCC(CC(C)(C(=O)OC12CC3CC(CC(C3)C1)C2)C(F)(F)F)(C(=O)OC1C2CC3CC(C2)CC1C3)C(F)(F)F. The van der Waals surface area contributed by atoms with Gasteiger partial charge in [0.2, 0.25) is 0 Å². The van der Waals surface area contributed by atoms with Crippen molar-refractivity contribution >= 4 is 11.9 Å². The van der Waals surface area contributed by atoms with E-state index >= 15 is 0 Å². The minimum absolute atomic E-state index is 0.0574. The molecule has 2 atom stereocenters. The van der Waals surface area contributed by atoms with Crippen LogP contribution < -0.4 is 0 Å². The topological polar surface area (TPSA) is 52.6 Å². The van der Waals surface area contributed by atoms with Crippen LogP contribution in [0.25, 0.3) is 0 Å². The molecule has 8 rings (SSSR count). The maximum Gasteiger partial charge on any atom is 0.404 e. The molecule has 40 heavy (non-hydrogen) atoms. The lowest BCUT2D eigenvalue weighted by molar-refractivity contribution is -0.281. The lowest BCUT2D eigenvalue weighted by atomic mass is 9.54. The second kappa shape index (κ2) is 9.26. The van der Waals surface area contributed by atoms with Crippen LogP contribution >= 0.6 is 0 Å². The molecule has 0 aromatic rings. The zero-order valence-corrected chi connectivity index (χ0v) is 23.2. The van der Waals surface area contributed by atoms with Crippen molar-refractivity contribution < 1.29 is 45.4 Å². The van der Waals surface area contributed by atoms with E-state index in [0.717, 1.165) is 58.3 Å². The average Bonchev–Trinajstić information content (AvgIpc) is 2.81. The van der Waals surface area contributed by atoms with Crippen molar-refractivity contribution in [1.82, 2.24) is 0 Å². The van der Waals surface area contributed by atoms with E-state index in [1.807, 2.05) is 0 Å². The Balaban J connectivity index is 1.27. The summed E-state index contributed by atoms with van der Waals surface area (Å²) in [5.41, 5.74) is -8.07. The Kier molecular flexibility index (Phi) is 6.63. The normalized spacial score (nSPS) is 42.8. The molecule has 0 N–H and O–H groups in total. The Morgan fingerprint density at radius 1 is 0.700 bits per heavy atom. The molecular formula is C30H40F6O4. The fourth-order valence-corrected chi connectivity index (χ4v) is 10.4. The van der Waals surface area contributed by atoms with E-state index < -0.39 is 59.7 Å². The van der Waals surface area contributed by atoms with E-state index in [1.165, 1.54) is 0 Å². The van der Waals surface area contributed by atoms with E-state index in [4.69, 9.17) is 9.47 Å². The Bertz CT molecular complexity index is 973. The largest absolute Gasteiger partial charge is 0.461 e. The molecule has 0 aromatic carbocycles. The monoisotopic (exact) mass is 578 g/mol. The third-order valence-corrected chi connectivity index (χ3v) is 11.9. The summed E-state index contributed by atoms with van der Waals surface area (Å²) < 4.78 is 99.9. The maximum absolute atomic E-state index is 14.8. The van der Waals surface area contributed by atoms with Gasteiger partial charge in [0.1, 0.15) is 11.7 Å². The van der Waals surface area contributed by atoms with Crippen molar-refractivity contribution in [2.75, 3.05) is 0 Å². The second-order valence-corrected chi connectivity index (χ2v) is 14.7. The van der Waals surface area contributed by atoms with Crippen LogP contribution in [0.2, 0.25) is 0 Å². The summed E-state index contributed by atoms with van der Waals surface area (Å²) in [6, 6.07) is 0. The fourth-order valence-electron chi connectivity index (χ4n) is 10.4. The number of halogens is 6. The Hall–Kier alpha value is -1.48. The zero-order chi connectivity index (χ0) is 28.9. The number of alkyl halides is 6. The standard InChI is InChI=1S/C30H40F6O4/c1-3-28(30(34,35)36,25(38)39-23-21-8-16-4-17(10-21)11-22(23)9-16)15-26(2,29(31,32)33)24(37)40-27-12-18-5-19(13-27)7-20(6-18)14-27/h16-23H,3-15H2,1-2H3. The highest BCUT2D eigenvalue weighted by atomic mass is 19.4. The third kappa shape index (κ3) is 4.47. The minimum Gasteiger partial charge on any atom is -0.461 e. The van der Waals surface area contributed by atoms with Gasteiger partial charge in [-0.3, -0.25) is 9.59 Å². The number of hydrogen-bond acceptors (Lipinski definition) is 4. The first kappa shape index (κ1) is 28.6. The molecule has 0 aromatic heterocycles. The number of rotatable bonds is 7. The lowest BCUT2D eigenvalue weighted by Gasteiger charge is -2.56. The summed E-state index contributed by atoms with van der Waals surface area (Å²) in [4.78, 5) is 27.0. The number of ether oxygens (including phenoxy) is 2. The van der Waals surface area contributed by atoms with Gasteiger partial charge in [-0.2, -0.15) is 26.3 Å². The van der Waals surface area contributed by atoms with E-state index in [9.17, 15) is 35.9 Å². The highest BCUT2D eigenvalue weighted by Gasteiger charge is 2.71. The molecule has 8 aliphatic rings. The molecule has 0 amide bonds. The van der Waals surface area contributed by atoms with E-state index in [-0.39, 0.29) is 29.6 Å². The summed E-state index contributed by atoms with van der Waals surface area (Å²) in [6.07, 6.45) is -5.77. The van der Waals surface area contributed by atoms with Gasteiger partial charge < -0.3 is 9.47 Å². The van der Waals surface area contributed by atoms with Crippen molar-refractivity contribution in [3.63, 3.8) is 0 Å². The van der Waals surface area contributed by atoms with Crippen LogP contribution in [0.1, 0.15) is 97.3 Å². The predicted octanol–water partition coefficient (Wildman–Crippen LogP) is 7.78. The second-order valence-electron chi connectivity index (χ2n) is 14.7. The Labute approximate surface area is 231 Å². The molecule has 0 spiro atoms. The van der Waals surface area contributed by atoms with Crippen molar-refractivity contribution in [2.24, 2.45) is 52.3 Å². The molecule has 2 unspecified atom stereocenters. The fraction of sp³-hybridized carbons (Fsp3) is 0.933. The van der Waals surface area contributed by atoms with E-state index in [0.29, 0.717) is 38.0 Å². The van der Waals surface area contributed by atoms with Gasteiger partial charge in [-0.15, -0.1) is 0 Å². The van der Waals surface area contributed by atoms with Crippen molar-refractivity contribution in [3.8, 4) is 0 Å². The van der Waals surface area contributed by atoms with Crippen LogP contribution in [-0.4, -0.2) is 36.0 Å². The summed E-state index contributed by atoms with van der Waals surface area (Å²) in [7, 11) is 0. The van der Waals surface area contributed by atoms with Gasteiger partial charge in [-0.1, -0.05) is 6.92 Å². The highest BCUT2D eigenvalue weighted by Crippen LogP contribution is 2.61. The van der Waals surface area contributed by atoms with Crippen LogP contribution in [0, 0.1) is 52.3 Å². The molecule has 8 fully saturated rings. The van der Waals surface area contributed by atoms with Gasteiger partial charge >= 0.3 is 24.3 Å². The summed E-state index contributed by atoms with van der Waals surface area (Å²) in [5, 5.41) is 0. The minimum atomic E-state index is -5.36. The van der Waals surface area contributed by atoms with Gasteiger partial charge in [0, 0.05) is 0 Å². The maximum atomic E-state index is 14.8. The summed E-state index contributed by atoms with van der Waals surface area (Å²) in [6.45, 7) is 1.52. The lowest BCUT2D eigenvalue weighted by Crippen LogP contribution is -2.59. The van der Waals surface area contributed by atoms with E-state index in [2.05, 4.69) is 0 Å². The molecule has 0 heterocycles. The number of esters is 2. The predicted molar refractivity (Wildman–Crippen MR) is 131 cm³/mol. The molecule has 226 valence electrons. The number of hydrogen-bond donors (Lipinski definition) is 0. The molecule has 0 radical (unpaired) electrons. The van der Waals surface area contributed by atoms with Gasteiger partial charge in [0.05, 0.1) is 0 Å². The van der Waals surface area contributed by atoms with Crippen LogP contribution in [0.15, 0.2) is 0 Å². The van der Waals surface area contributed by atoms with Crippen LogP contribution in [0.3, 0.4) is 0 Å². The third-order valence-electron chi connectivity index (χ3n) is 11.9. The summed E-state index contributed by atoms with van der Waals surface area (Å²) in [5.74, 6) is -1.76. The van der Waals surface area contributed by atoms with Gasteiger partial charge in [0.25, 0.3) is 0 Å². The van der Waals surface area contributed by atoms with Crippen molar-refractivity contribution in [2.45, 2.75) is 121 Å². The molecule has 10 heteroatoms. The first-order valence-electron chi connectivity index (χ1n) is 15.1. The Morgan fingerprint density at radius 2 is 1.15 bits per heavy atom. The first-order valence-corrected chi connectivity index (χ1v) is 15.1. The molecule has 0 saturated heterocycles. The zero-order valence-electron chi connectivity index (χ0n) is 23.2. The van der Waals surface area contributed by atoms with Gasteiger partial charge in [-0.25, -0.2) is 0 Å². The van der Waals surface area contributed by atoms with Gasteiger partial charge in [-0.05, 0) is 132 Å². The molecule has 8 aliphatic carbocycles. The molecule has 8 saturated carbocycles. The summed E-state index contributed by atoms with van der Waals surface area (Å²) >= 11 is 0. The first-order chi connectivity index (χ1) is 18.6. The molecule has 8 bridgehead atoms. The van der Waals surface area contributed by atoms with Crippen molar-refractivity contribution in [3.05, 3.63) is 0 Å². The smallest absolute Gasteiger partial charge is 0.404 e. The molecular weight excluding hydrogens is 538 g/mol. The van der Waals surface area contributed by atoms with Crippen LogP contribution in [0.5, 0.6) is 0 Å². The molecule has 4 nitrogen and oxygen atoms in total. The average molecular weight is 579 g/mol. The van der Waals surface area contributed by atoms with Crippen LogP contribution in [0.4, 0.5) is 26.3 Å². The van der Waals surface area contributed by atoms with E-state index in [1.54, 1.807) is 0 Å². The number of carbonyl (C=O) groups is 2.